The third-order valence-corrected chi connectivity index (χ3v) is 4.63. The molecule has 0 heterocycles. The summed E-state index contributed by atoms with van der Waals surface area (Å²) in [5.41, 5.74) is 2.27. The number of carbonyl (C=O) groups excluding carboxylic acids is 2. The molecule has 0 radical (unpaired) electrons. The van der Waals surface area contributed by atoms with Crippen molar-refractivity contribution in [3.8, 4) is 16.9 Å². The van der Waals surface area contributed by atoms with E-state index in [-0.39, 0.29) is 24.3 Å². The van der Waals surface area contributed by atoms with Crippen molar-refractivity contribution < 1.29 is 19.4 Å². The number of esters is 1. The van der Waals surface area contributed by atoms with Gasteiger partial charge in [-0.2, -0.15) is 0 Å². The normalized spacial score (nSPS) is 14.6. The van der Waals surface area contributed by atoms with Crippen LogP contribution in [0.15, 0.2) is 48.5 Å². The Kier molecular flexibility index (Phi) is 5.89. The van der Waals surface area contributed by atoms with Crippen molar-refractivity contribution >= 4 is 11.9 Å². The topological polar surface area (TPSA) is 75.6 Å². The predicted octanol–water partition coefficient (Wildman–Crippen LogP) is 3.66. The van der Waals surface area contributed by atoms with E-state index in [0.717, 1.165) is 36.8 Å². The maximum Gasteiger partial charge on any atom is 0.338 e. The number of ether oxygens (including phenoxy) is 1. The fraction of sp³-hybridized carbons (Fsp3) is 0.333. The number of aromatic hydroxyl groups is 1. The molecule has 0 unspecified atom stereocenters. The molecule has 1 fully saturated rings. The number of rotatable bonds is 5. The number of phenolic OH excluding ortho intramolecular Hbond substituents is 1. The highest BCUT2D eigenvalue weighted by Crippen LogP contribution is 2.22. The first-order valence-electron chi connectivity index (χ1n) is 8.98. The van der Waals surface area contributed by atoms with E-state index in [1.54, 1.807) is 36.4 Å². The van der Waals surface area contributed by atoms with E-state index in [9.17, 15) is 14.7 Å². The predicted molar refractivity (Wildman–Crippen MR) is 98.8 cm³/mol. The summed E-state index contributed by atoms with van der Waals surface area (Å²) in [5.74, 6) is -0.549. The van der Waals surface area contributed by atoms with Gasteiger partial charge in [-0.05, 0) is 48.2 Å². The summed E-state index contributed by atoms with van der Waals surface area (Å²) >= 11 is 0. The number of hydrogen-bond donors (Lipinski definition) is 2. The van der Waals surface area contributed by atoms with E-state index < -0.39 is 5.97 Å². The lowest BCUT2D eigenvalue weighted by atomic mass is 9.95. The minimum absolute atomic E-state index is 0.208. The molecule has 2 aromatic carbocycles. The molecule has 1 aliphatic carbocycles. The van der Waals surface area contributed by atoms with Gasteiger partial charge in [0.1, 0.15) is 5.75 Å². The molecule has 0 bridgehead atoms. The molecule has 2 aromatic rings. The lowest BCUT2D eigenvalue weighted by Crippen LogP contribution is -2.38. The minimum Gasteiger partial charge on any atom is -0.508 e. The maximum absolute atomic E-state index is 12.1. The molecule has 0 saturated heterocycles. The van der Waals surface area contributed by atoms with E-state index in [2.05, 4.69) is 5.32 Å². The number of nitrogens with one attached hydrogen (secondary N) is 1. The Bertz CT molecular complexity index is 747. The Labute approximate surface area is 153 Å². The van der Waals surface area contributed by atoms with Crippen molar-refractivity contribution in [1.29, 1.82) is 0 Å². The first-order chi connectivity index (χ1) is 12.6. The molecular formula is C21H23NO4. The largest absolute Gasteiger partial charge is 0.508 e. The lowest BCUT2D eigenvalue weighted by molar-refractivity contribution is -0.125. The molecule has 3 rings (SSSR count). The van der Waals surface area contributed by atoms with Gasteiger partial charge in [0.2, 0.25) is 0 Å². The van der Waals surface area contributed by atoms with Gasteiger partial charge in [0.15, 0.2) is 6.61 Å². The van der Waals surface area contributed by atoms with E-state index in [1.807, 2.05) is 12.1 Å². The van der Waals surface area contributed by atoms with Gasteiger partial charge in [-0.3, -0.25) is 4.79 Å². The molecule has 0 aromatic heterocycles. The number of benzene rings is 2. The monoisotopic (exact) mass is 353 g/mol. The first kappa shape index (κ1) is 18.0. The quantitative estimate of drug-likeness (QED) is 0.804. The van der Waals surface area contributed by atoms with Crippen LogP contribution in [0, 0.1) is 0 Å². The first-order valence-corrected chi connectivity index (χ1v) is 8.98. The van der Waals surface area contributed by atoms with Crippen LogP contribution >= 0.6 is 0 Å². The second-order valence-electron chi connectivity index (χ2n) is 6.60. The van der Waals surface area contributed by atoms with Crippen LogP contribution in [0.4, 0.5) is 0 Å². The Hall–Kier alpha value is -2.82. The summed E-state index contributed by atoms with van der Waals surface area (Å²) in [7, 11) is 0. The van der Waals surface area contributed by atoms with Crippen LogP contribution in [0.5, 0.6) is 5.75 Å². The van der Waals surface area contributed by atoms with Crippen molar-refractivity contribution in [2.45, 2.75) is 38.1 Å². The molecule has 1 saturated carbocycles. The maximum atomic E-state index is 12.1. The standard InChI is InChI=1S/C21H23NO4/c23-19-12-10-16(11-13-19)15-6-8-17(9-7-15)21(25)26-14-20(24)22-18-4-2-1-3-5-18/h6-13,18,23H,1-5,14H2,(H,22,24). The zero-order valence-corrected chi connectivity index (χ0v) is 14.6. The van der Waals surface area contributed by atoms with E-state index in [4.69, 9.17) is 4.74 Å². The summed E-state index contributed by atoms with van der Waals surface area (Å²) in [6.45, 7) is -0.255. The minimum atomic E-state index is -0.513. The Morgan fingerprint density at radius 2 is 1.50 bits per heavy atom. The molecule has 1 amide bonds. The van der Waals surface area contributed by atoms with E-state index in [0.29, 0.717) is 5.56 Å². The zero-order chi connectivity index (χ0) is 18.4. The molecule has 1 aliphatic rings. The molecule has 136 valence electrons. The van der Waals surface area contributed by atoms with E-state index in [1.165, 1.54) is 6.42 Å². The third-order valence-electron chi connectivity index (χ3n) is 4.63. The van der Waals surface area contributed by atoms with Gasteiger partial charge in [0, 0.05) is 6.04 Å². The summed E-state index contributed by atoms with van der Waals surface area (Å²) in [6.07, 6.45) is 5.49. The van der Waals surface area contributed by atoms with Gasteiger partial charge in [0.25, 0.3) is 5.91 Å². The highest BCUT2D eigenvalue weighted by molar-refractivity contribution is 5.91. The van der Waals surface area contributed by atoms with Gasteiger partial charge >= 0.3 is 5.97 Å². The molecule has 5 heteroatoms. The Morgan fingerprint density at radius 3 is 2.12 bits per heavy atom. The summed E-state index contributed by atoms with van der Waals surface area (Å²) in [5, 5.41) is 12.3. The SMILES string of the molecule is O=C(COC(=O)c1ccc(-c2ccc(O)cc2)cc1)NC1CCCCC1. The number of carbonyl (C=O) groups is 2. The van der Waals surface area contributed by atoms with Gasteiger partial charge in [-0.15, -0.1) is 0 Å². The molecule has 2 N–H and O–H groups in total. The Morgan fingerprint density at radius 1 is 0.923 bits per heavy atom. The van der Waals surface area contributed by atoms with Gasteiger partial charge in [-0.1, -0.05) is 43.5 Å². The van der Waals surface area contributed by atoms with Crippen LogP contribution in [0.1, 0.15) is 42.5 Å². The van der Waals surface area contributed by atoms with E-state index >= 15 is 0 Å². The lowest BCUT2D eigenvalue weighted by Gasteiger charge is -2.22. The van der Waals surface area contributed by atoms with Gasteiger partial charge in [-0.25, -0.2) is 4.79 Å². The summed E-state index contributed by atoms with van der Waals surface area (Å²) < 4.78 is 5.11. The molecule has 0 atom stereocenters. The van der Waals surface area contributed by atoms with Crippen molar-refractivity contribution in [2.75, 3.05) is 6.61 Å². The molecule has 26 heavy (non-hydrogen) atoms. The average molecular weight is 353 g/mol. The molecule has 0 spiro atoms. The summed E-state index contributed by atoms with van der Waals surface area (Å²) in [4.78, 5) is 24.0. The second-order valence-corrected chi connectivity index (χ2v) is 6.60. The van der Waals surface area contributed by atoms with Crippen LogP contribution in [0.25, 0.3) is 11.1 Å². The van der Waals surface area contributed by atoms with Gasteiger partial charge in [0.05, 0.1) is 5.56 Å². The van der Waals surface area contributed by atoms with Crippen molar-refractivity contribution in [3.05, 3.63) is 54.1 Å². The highest BCUT2D eigenvalue weighted by Gasteiger charge is 2.17. The van der Waals surface area contributed by atoms with Crippen LogP contribution in [-0.2, 0) is 9.53 Å². The summed E-state index contributed by atoms with van der Waals surface area (Å²) in [6, 6.07) is 14.0. The van der Waals surface area contributed by atoms with Crippen LogP contribution in [-0.4, -0.2) is 29.6 Å². The fourth-order valence-electron chi connectivity index (χ4n) is 3.18. The fourth-order valence-corrected chi connectivity index (χ4v) is 3.18. The number of hydrogen-bond acceptors (Lipinski definition) is 4. The molecule has 0 aliphatic heterocycles. The average Bonchev–Trinajstić information content (AvgIpc) is 2.68. The number of amides is 1. The second kappa shape index (κ2) is 8.52. The van der Waals surface area contributed by atoms with Crippen LogP contribution in [0.3, 0.4) is 0 Å². The van der Waals surface area contributed by atoms with Crippen LogP contribution in [0.2, 0.25) is 0 Å². The van der Waals surface area contributed by atoms with Crippen molar-refractivity contribution in [2.24, 2.45) is 0 Å². The van der Waals surface area contributed by atoms with Crippen molar-refractivity contribution in [1.82, 2.24) is 5.32 Å². The van der Waals surface area contributed by atoms with Gasteiger partial charge < -0.3 is 15.2 Å². The number of phenols is 1. The zero-order valence-electron chi connectivity index (χ0n) is 14.6. The Balaban J connectivity index is 1.51. The smallest absolute Gasteiger partial charge is 0.338 e. The van der Waals surface area contributed by atoms with Crippen LogP contribution < -0.4 is 5.32 Å². The van der Waals surface area contributed by atoms with Crippen molar-refractivity contribution in [3.63, 3.8) is 0 Å². The molecule has 5 nitrogen and oxygen atoms in total. The third kappa shape index (κ3) is 4.85. The highest BCUT2D eigenvalue weighted by atomic mass is 16.5. The molecular weight excluding hydrogens is 330 g/mol.